The van der Waals surface area contributed by atoms with Crippen LogP contribution in [0.15, 0.2) is 58.1 Å². The molecular weight excluding hydrogens is 404 g/mol. The van der Waals surface area contributed by atoms with Gasteiger partial charge in [-0.2, -0.15) is 5.10 Å². The molecule has 0 atom stereocenters. The van der Waals surface area contributed by atoms with Crippen LogP contribution in [0.25, 0.3) is 0 Å². The molecule has 0 aliphatic carbocycles. The molecule has 4 nitrogen and oxygen atoms in total. The fourth-order valence-electron chi connectivity index (χ4n) is 2.64. The van der Waals surface area contributed by atoms with Crippen molar-refractivity contribution in [3.63, 3.8) is 0 Å². The Bertz CT molecular complexity index is 747. The highest BCUT2D eigenvalue weighted by atomic mass is 79.9. The van der Waals surface area contributed by atoms with Crippen molar-refractivity contribution in [3.8, 4) is 5.75 Å². The van der Waals surface area contributed by atoms with Crippen molar-refractivity contribution in [2.24, 2.45) is 5.10 Å². The first-order valence-electron chi connectivity index (χ1n) is 9.51. The van der Waals surface area contributed by atoms with Crippen LogP contribution in [-0.4, -0.2) is 18.7 Å². The molecule has 0 heterocycles. The molecule has 0 aliphatic rings. The van der Waals surface area contributed by atoms with Crippen LogP contribution in [0.3, 0.4) is 0 Å². The van der Waals surface area contributed by atoms with Crippen molar-refractivity contribution in [2.75, 3.05) is 6.61 Å². The van der Waals surface area contributed by atoms with Gasteiger partial charge in [-0.3, -0.25) is 4.79 Å². The van der Waals surface area contributed by atoms with Crippen LogP contribution < -0.4 is 10.2 Å². The number of benzene rings is 2. The lowest BCUT2D eigenvalue weighted by atomic mass is 10.1. The minimum absolute atomic E-state index is 0.252. The Balaban J connectivity index is 1.82. The van der Waals surface area contributed by atoms with Crippen LogP contribution in [-0.2, 0) is 0 Å². The van der Waals surface area contributed by atoms with E-state index in [4.69, 9.17) is 4.74 Å². The number of ether oxygens (including phenoxy) is 1. The molecule has 0 aliphatic heterocycles. The van der Waals surface area contributed by atoms with Gasteiger partial charge in [0.25, 0.3) is 5.91 Å². The molecule has 1 N–H and O–H groups in total. The fraction of sp³-hybridized carbons (Fsp3) is 0.364. The molecule has 0 bridgehead atoms. The summed E-state index contributed by atoms with van der Waals surface area (Å²) in [5, 5.41) is 4.07. The number of carbonyl (C=O) groups excluding carboxylic acids is 1. The minimum atomic E-state index is -0.252. The Morgan fingerprint density at radius 3 is 2.67 bits per heavy atom. The third-order valence-electron chi connectivity index (χ3n) is 4.13. The number of hydrogen-bond donors (Lipinski definition) is 1. The van der Waals surface area contributed by atoms with Crippen LogP contribution in [0, 0.1) is 0 Å². The first-order valence-corrected chi connectivity index (χ1v) is 10.3. The normalized spacial score (nSPS) is 10.9. The van der Waals surface area contributed by atoms with Gasteiger partial charge in [0.1, 0.15) is 5.75 Å². The van der Waals surface area contributed by atoms with Gasteiger partial charge in [-0.1, -0.05) is 73.2 Å². The lowest BCUT2D eigenvalue weighted by Crippen LogP contribution is -2.17. The maximum Gasteiger partial charge on any atom is 0.271 e. The van der Waals surface area contributed by atoms with Crippen molar-refractivity contribution in [1.82, 2.24) is 5.43 Å². The molecule has 2 rings (SSSR count). The molecule has 27 heavy (non-hydrogen) atoms. The van der Waals surface area contributed by atoms with E-state index >= 15 is 0 Å². The molecular formula is C22H27BrN2O2. The van der Waals surface area contributed by atoms with E-state index in [1.807, 2.05) is 36.4 Å². The molecule has 2 aromatic rings. The zero-order valence-electron chi connectivity index (χ0n) is 15.8. The van der Waals surface area contributed by atoms with Gasteiger partial charge in [0.2, 0.25) is 0 Å². The van der Waals surface area contributed by atoms with E-state index in [0.29, 0.717) is 12.2 Å². The largest absolute Gasteiger partial charge is 0.493 e. The van der Waals surface area contributed by atoms with E-state index in [9.17, 15) is 4.79 Å². The predicted molar refractivity (Wildman–Crippen MR) is 115 cm³/mol. The summed E-state index contributed by atoms with van der Waals surface area (Å²) in [5.74, 6) is 0.532. The Labute approximate surface area is 170 Å². The second kappa shape index (κ2) is 12.3. The van der Waals surface area contributed by atoms with Gasteiger partial charge >= 0.3 is 0 Å². The highest BCUT2D eigenvalue weighted by molar-refractivity contribution is 9.10. The number of unbranched alkanes of at least 4 members (excludes halogenated alkanes) is 5. The Morgan fingerprint density at radius 2 is 1.85 bits per heavy atom. The van der Waals surface area contributed by atoms with Crippen LogP contribution in [0.5, 0.6) is 5.75 Å². The summed E-state index contributed by atoms with van der Waals surface area (Å²) in [5.41, 5.74) is 3.95. The van der Waals surface area contributed by atoms with E-state index in [1.54, 1.807) is 18.3 Å². The number of carbonyl (C=O) groups is 1. The Morgan fingerprint density at radius 1 is 1.07 bits per heavy atom. The summed E-state index contributed by atoms with van der Waals surface area (Å²) < 4.78 is 6.75. The number of hydrazone groups is 1. The van der Waals surface area contributed by atoms with Crippen LogP contribution in [0.1, 0.15) is 61.4 Å². The van der Waals surface area contributed by atoms with E-state index in [2.05, 4.69) is 33.4 Å². The molecule has 1 amide bonds. The summed E-state index contributed by atoms with van der Waals surface area (Å²) in [6, 6.07) is 14.9. The molecule has 0 unspecified atom stereocenters. The standard InChI is InChI=1S/C22H27BrN2O2/c1-2-3-4-5-6-9-15-27-21-14-8-7-11-19(21)17-24-25-22(26)18-12-10-13-20(23)16-18/h7-8,10-14,16-17H,2-6,9,15H2,1H3,(H,25,26)/b24-17-. The first kappa shape index (κ1) is 21.2. The van der Waals surface area contributed by atoms with Crippen molar-refractivity contribution >= 4 is 28.1 Å². The zero-order chi connectivity index (χ0) is 19.3. The highest BCUT2D eigenvalue weighted by Gasteiger charge is 2.05. The third-order valence-corrected chi connectivity index (χ3v) is 4.62. The lowest BCUT2D eigenvalue weighted by molar-refractivity contribution is 0.0955. The molecule has 144 valence electrons. The number of para-hydroxylation sites is 1. The molecule has 0 spiro atoms. The van der Waals surface area contributed by atoms with Crippen LogP contribution >= 0.6 is 15.9 Å². The zero-order valence-corrected chi connectivity index (χ0v) is 17.4. The molecule has 0 saturated heterocycles. The molecule has 5 heteroatoms. The average molecular weight is 431 g/mol. The SMILES string of the molecule is CCCCCCCCOc1ccccc1/C=N\NC(=O)c1cccc(Br)c1. The summed E-state index contributed by atoms with van der Waals surface area (Å²) >= 11 is 3.36. The lowest BCUT2D eigenvalue weighted by Gasteiger charge is -2.09. The fourth-order valence-corrected chi connectivity index (χ4v) is 3.04. The van der Waals surface area contributed by atoms with Crippen molar-refractivity contribution in [2.45, 2.75) is 45.4 Å². The molecule has 0 aromatic heterocycles. The molecule has 0 fully saturated rings. The average Bonchev–Trinajstić information content (AvgIpc) is 2.68. The van der Waals surface area contributed by atoms with Crippen LogP contribution in [0.4, 0.5) is 0 Å². The van der Waals surface area contributed by atoms with Gasteiger partial charge in [0.05, 0.1) is 12.8 Å². The number of nitrogens with zero attached hydrogens (tertiary/aromatic N) is 1. The topological polar surface area (TPSA) is 50.7 Å². The summed E-state index contributed by atoms with van der Waals surface area (Å²) in [6.45, 7) is 2.92. The van der Waals surface area contributed by atoms with Gasteiger partial charge in [-0.15, -0.1) is 0 Å². The number of hydrogen-bond acceptors (Lipinski definition) is 3. The van der Waals surface area contributed by atoms with Gasteiger partial charge in [-0.05, 0) is 36.8 Å². The number of halogens is 1. The number of nitrogens with one attached hydrogen (secondary N) is 1. The van der Waals surface area contributed by atoms with Crippen LogP contribution in [0.2, 0.25) is 0 Å². The first-order chi connectivity index (χ1) is 13.2. The number of rotatable bonds is 11. The highest BCUT2D eigenvalue weighted by Crippen LogP contribution is 2.17. The minimum Gasteiger partial charge on any atom is -0.493 e. The van der Waals surface area contributed by atoms with E-state index in [0.717, 1.165) is 22.2 Å². The third kappa shape index (κ3) is 7.95. The van der Waals surface area contributed by atoms with Gasteiger partial charge in [-0.25, -0.2) is 5.43 Å². The van der Waals surface area contributed by atoms with Gasteiger partial charge < -0.3 is 4.74 Å². The Hall–Kier alpha value is -2.14. The van der Waals surface area contributed by atoms with Gasteiger partial charge in [0.15, 0.2) is 0 Å². The molecule has 2 aromatic carbocycles. The second-order valence-corrected chi connectivity index (χ2v) is 7.28. The van der Waals surface area contributed by atoms with Crippen molar-refractivity contribution in [1.29, 1.82) is 0 Å². The van der Waals surface area contributed by atoms with E-state index in [1.165, 1.54) is 32.1 Å². The Kier molecular flexibility index (Phi) is 9.63. The monoisotopic (exact) mass is 430 g/mol. The quantitative estimate of drug-likeness (QED) is 0.271. The second-order valence-electron chi connectivity index (χ2n) is 6.36. The van der Waals surface area contributed by atoms with Gasteiger partial charge in [0, 0.05) is 15.6 Å². The summed E-state index contributed by atoms with van der Waals surface area (Å²) in [4.78, 5) is 12.1. The van der Waals surface area contributed by atoms with E-state index < -0.39 is 0 Å². The molecule has 0 radical (unpaired) electrons. The number of amides is 1. The summed E-state index contributed by atoms with van der Waals surface area (Å²) in [7, 11) is 0. The van der Waals surface area contributed by atoms with E-state index in [-0.39, 0.29) is 5.91 Å². The van der Waals surface area contributed by atoms with Crippen molar-refractivity contribution < 1.29 is 9.53 Å². The smallest absolute Gasteiger partial charge is 0.271 e. The predicted octanol–water partition coefficient (Wildman–Crippen LogP) is 5.95. The summed E-state index contributed by atoms with van der Waals surface area (Å²) in [6.07, 6.45) is 9.01. The maximum absolute atomic E-state index is 12.1. The maximum atomic E-state index is 12.1. The van der Waals surface area contributed by atoms with Crippen molar-refractivity contribution in [3.05, 3.63) is 64.1 Å². The molecule has 0 saturated carbocycles.